The van der Waals surface area contributed by atoms with Gasteiger partial charge in [-0.2, -0.15) is 23.5 Å². The van der Waals surface area contributed by atoms with Crippen LogP contribution in [0.5, 0.6) is 0 Å². The van der Waals surface area contributed by atoms with Crippen molar-refractivity contribution in [2.45, 2.75) is 25.1 Å². The summed E-state index contributed by atoms with van der Waals surface area (Å²) in [5, 5.41) is 3.63. The Morgan fingerprint density at radius 1 is 1.50 bits per heavy atom. The number of nitrogens with one attached hydrogen (secondary N) is 1. The van der Waals surface area contributed by atoms with Crippen LogP contribution in [0.2, 0.25) is 0 Å². The van der Waals surface area contributed by atoms with Gasteiger partial charge in [0.25, 0.3) is 0 Å². The highest BCUT2D eigenvalue weighted by Gasteiger charge is 2.14. The first-order valence-corrected chi connectivity index (χ1v) is 8.20. The summed E-state index contributed by atoms with van der Waals surface area (Å²) in [7, 11) is 0. The Balaban J connectivity index is 1.92. The Kier molecular flexibility index (Phi) is 4.91. The van der Waals surface area contributed by atoms with Crippen LogP contribution in [-0.4, -0.2) is 23.3 Å². The summed E-state index contributed by atoms with van der Waals surface area (Å²) in [6, 6.07) is 9.54. The maximum Gasteiger partial charge on any atom is 0.0359 e. The van der Waals surface area contributed by atoms with Gasteiger partial charge in [0.15, 0.2) is 0 Å². The van der Waals surface area contributed by atoms with Crippen LogP contribution in [0.3, 0.4) is 0 Å². The van der Waals surface area contributed by atoms with E-state index in [1.54, 1.807) is 0 Å². The van der Waals surface area contributed by atoms with Crippen LogP contribution in [0.15, 0.2) is 24.3 Å². The highest BCUT2D eigenvalue weighted by Crippen LogP contribution is 2.22. The van der Waals surface area contributed by atoms with Crippen LogP contribution in [0, 0.1) is 0 Å². The Morgan fingerprint density at radius 2 is 2.44 bits per heavy atom. The lowest BCUT2D eigenvalue weighted by molar-refractivity contribution is 0.813. The highest BCUT2D eigenvalue weighted by molar-refractivity contribution is 7.99. The van der Waals surface area contributed by atoms with Gasteiger partial charge in [-0.1, -0.05) is 19.1 Å². The van der Waals surface area contributed by atoms with E-state index in [0.717, 1.165) is 5.75 Å². The number of thioether (sulfide) groups is 2. The van der Waals surface area contributed by atoms with Crippen LogP contribution in [0.1, 0.15) is 18.9 Å². The van der Waals surface area contributed by atoms with Crippen molar-refractivity contribution < 1.29 is 0 Å². The molecule has 3 heteroatoms. The zero-order chi connectivity index (χ0) is 11.2. The molecule has 1 N–H and O–H groups in total. The molecule has 1 aromatic carbocycles. The lowest BCUT2D eigenvalue weighted by Gasteiger charge is -2.13. The van der Waals surface area contributed by atoms with E-state index in [1.807, 2.05) is 11.8 Å². The first-order chi connectivity index (χ1) is 7.88. The number of hydrogen-bond donors (Lipinski definition) is 1. The molecule has 0 saturated carbocycles. The summed E-state index contributed by atoms with van der Waals surface area (Å²) in [5.41, 5.74) is 2.73. The lowest BCUT2D eigenvalue weighted by atomic mass is 10.2. The largest absolute Gasteiger partial charge is 0.381 e. The minimum atomic E-state index is 0.680. The van der Waals surface area contributed by atoms with E-state index in [0.29, 0.717) is 6.04 Å². The van der Waals surface area contributed by atoms with E-state index in [2.05, 4.69) is 48.3 Å². The van der Waals surface area contributed by atoms with Crippen molar-refractivity contribution in [2.24, 2.45) is 0 Å². The topological polar surface area (TPSA) is 12.0 Å². The summed E-state index contributed by atoms with van der Waals surface area (Å²) in [5.74, 6) is 4.89. The quantitative estimate of drug-likeness (QED) is 0.856. The van der Waals surface area contributed by atoms with E-state index >= 15 is 0 Å². The molecule has 0 radical (unpaired) electrons. The standard InChI is InChI=1S/C13H19NS2/c1-2-15-9-11-4-3-5-12(8-11)14-13-6-7-16-10-13/h3-5,8,13-14H,2,6-7,9-10H2,1H3. The molecule has 1 aliphatic heterocycles. The molecular formula is C13H19NS2. The molecule has 1 nitrogen and oxygen atoms in total. The maximum absolute atomic E-state index is 3.63. The van der Waals surface area contributed by atoms with Gasteiger partial charge in [0, 0.05) is 23.2 Å². The molecule has 0 aromatic heterocycles. The fraction of sp³-hybridized carbons (Fsp3) is 0.538. The second-order valence-electron chi connectivity index (χ2n) is 4.04. The van der Waals surface area contributed by atoms with Crippen LogP contribution in [0.25, 0.3) is 0 Å². The Bertz CT molecular complexity index is 321. The fourth-order valence-electron chi connectivity index (χ4n) is 1.85. The van der Waals surface area contributed by atoms with Crippen molar-refractivity contribution in [3.05, 3.63) is 29.8 Å². The molecule has 1 unspecified atom stereocenters. The van der Waals surface area contributed by atoms with Crippen molar-refractivity contribution >= 4 is 29.2 Å². The molecule has 88 valence electrons. The molecule has 0 bridgehead atoms. The van der Waals surface area contributed by atoms with Gasteiger partial charge in [0.1, 0.15) is 0 Å². The lowest BCUT2D eigenvalue weighted by Crippen LogP contribution is -2.17. The van der Waals surface area contributed by atoms with Gasteiger partial charge in [-0.15, -0.1) is 0 Å². The van der Waals surface area contributed by atoms with Crippen molar-refractivity contribution in [2.75, 3.05) is 22.6 Å². The predicted octanol–water partition coefficient (Wildman–Crippen LogP) is 3.86. The third-order valence-electron chi connectivity index (χ3n) is 2.70. The summed E-state index contributed by atoms with van der Waals surface area (Å²) < 4.78 is 0. The van der Waals surface area contributed by atoms with Crippen LogP contribution in [-0.2, 0) is 5.75 Å². The summed E-state index contributed by atoms with van der Waals surface area (Å²) in [6.45, 7) is 2.21. The number of hydrogen-bond acceptors (Lipinski definition) is 3. The van der Waals surface area contributed by atoms with Gasteiger partial charge in [0.05, 0.1) is 0 Å². The van der Waals surface area contributed by atoms with Crippen molar-refractivity contribution in [3.8, 4) is 0 Å². The summed E-state index contributed by atoms with van der Waals surface area (Å²) in [6.07, 6.45) is 1.30. The Morgan fingerprint density at radius 3 is 3.19 bits per heavy atom. The van der Waals surface area contributed by atoms with Gasteiger partial charge in [0.2, 0.25) is 0 Å². The molecule has 0 spiro atoms. The monoisotopic (exact) mass is 253 g/mol. The average Bonchev–Trinajstić information content (AvgIpc) is 2.80. The molecule has 1 saturated heterocycles. The second kappa shape index (κ2) is 6.45. The van der Waals surface area contributed by atoms with Crippen molar-refractivity contribution in [3.63, 3.8) is 0 Å². The minimum Gasteiger partial charge on any atom is -0.381 e. The predicted molar refractivity (Wildman–Crippen MR) is 77.6 cm³/mol. The molecule has 1 aliphatic rings. The van der Waals surface area contributed by atoms with Gasteiger partial charge < -0.3 is 5.32 Å². The molecule has 0 aliphatic carbocycles. The van der Waals surface area contributed by atoms with Crippen LogP contribution in [0.4, 0.5) is 5.69 Å². The second-order valence-corrected chi connectivity index (χ2v) is 6.47. The normalized spacial score (nSPS) is 19.9. The Hall–Kier alpha value is -0.280. The molecule has 16 heavy (non-hydrogen) atoms. The minimum absolute atomic E-state index is 0.680. The molecular weight excluding hydrogens is 234 g/mol. The average molecular weight is 253 g/mol. The molecule has 1 aromatic rings. The molecule has 1 atom stereocenters. The van der Waals surface area contributed by atoms with Crippen molar-refractivity contribution in [1.82, 2.24) is 0 Å². The van der Waals surface area contributed by atoms with Gasteiger partial charge in [-0.05, 0) is 35.6 Å². The van der Waals surface area contributed by atoms with Gasteiger partial charge in [-0.3, -0.25) is 0 Å². The van der Waals surface area contributed by atoms with E-state index in [4.69, 9.17) is 0 Å². The zero-order valence-electron chi connectivity index (χ0n) is 9.74. The number of anilines is 1. The van der Waals surface area contributed by atoms with Crippen LogP contribution < -0.4 is 5.32 Å². The first kappa shape index (κ1) is 12.2. The summed E-state index contributed by atoms with van der Waals surface area (Å²) in [4.78, 5) is 0. The van der Waals surface area contributed by atoms with Crippen LogP contribution >= 0.6 is 23.5 Å². The van der Waals surface area contributed by atoms with E-state index in [-0.39, 0.29) is 0 Å². The number of rotatable bonds is 5. The Labute approximate surface area is 107 Å². The number of benzene rings is 1. The highest BCUT2D eigenvalue weighted by atomic mass is 32.2. The maximum atomic E-state index is 3.63. The SMILES string of the molecule is CCSCc1cccc(NC2CCSC2)c1. The molecule has 1 fully saturated rings. The first-order valence-electron chi connectivity index (χ1n) is 5.89. The van der Waals surface area contributed by atoms with Gasteiger partial charge >= 0.3 is 0 Å². The van der Waals surface area contributed by atoms with Crippen molar-refractivity contribution in [1.29, 1.82) is 0 Å². The molecule has 1 heterocycles. The van der Waals surface area contributed by atoms with E-state index in [1.165, 1.54) is 34.9 Å². The van der Waals surface area contributed by atoms with E-state index in [9.17, 15) is 0 Å². The third-order valence-corrected chi connectivity index (χ3v) is 4.81. The fourth-order valence-corrected chi connectivity index (χ4v) is 3.63. The third kappa shape index (κ3) is 3.63. The molecule has 2 rings (SSSR count). The smallest absolute Gasteiger partial charge is 0.0359 e. The van der Waals surface area contributed by atoms with E-state index < -0.39 is 0 Å². The van der Waals surface area contributed by atoms with Gasteiger partial charge in [-0.25, -0.2) is 0 Å². The zero-order valence-corrected chi connectivity index (χ0v) is 11.4. The molecule has 0 amide bonds. The summed E-state index contributed by atoms with van der Waals surface area (Å²) >= 11 is 4.03.